The normalized spacial score (nSPS) is 11.5. The molecule has 0 aliphatic carbocycles. The molecule has 0 bridgehead atoms. The Labute approximate surface area is 134 Å². The third-order valence-electron chi connectivity index (χ3n) is 3.17. The first-order valence-corrected chi connectivity index (χ1v) is 7.16. The van der Waals surface area contributed by atoms with Crippen molar-refractivity contribution < 1.29 is 19.4 Å². The van der Waals surface area contributed by atoms with Gasteiger partial charge in [-0.1, -0.05) is 36.4 Å². The van der Waals surface area contributed by atoms with Gasteiger partial charge in [0.1, 0.15) is 6.61 Å². The van der Waals surface area contributed by atoms with Crippen molar-refractivity contribution in [2.45, 2.75) is 26.0 Å². The van der Waals surface area contributed by atoms with Crippen molar-refractivity contribution in [2.75, 3.05) is 0 Å². The Morgan fingerprint density at radius 1 is 1.22 bits per heavy atom. The molecule has 2 N–H and O–H groups in total. The van der Waals surface area contributed by atoms with Gasteiger partial charge in [0.25, 0.3) is 0 Å². The zero-order valence-corrected chi connectivity index (χ0v) is 12.7. The van der Waals surface area contributed by atoms with Crippen LogP contribution in [0.15, 0.2) is 48.7 Å². The molecule has 0 radical (unpaired) electrons. The number of aromatic nitrogens is 1. The van der Waals surface area contributed by atoms with Gasteiger partial charge in [-0.25, -0.2) is 4.79 Å². The minimum atomic E-state index is -1.03. The standard InChI is InChI=1S/C17H18N2O4/c1-12-7-8-14(18-10-12)15(9-16(20)21)19-17(22)23-11-13-5-3-2-4-6-13/h2-8,10,15H,9,11H2,1H3,(H,19,22)(H,20,21). The average molecular weight is 314 g/mol. The number of ether oxygens (including phenoxy) is 1. The van der Waals surface area contributed by atoms with Gasteiger partial charge in [-0.3, -0.25) is 9.78 Å². The highest BCUT2D eigenvalue weighted by Gasteiger charge is 2.20. The van der Waals surface area contributed by atoms with E-state index in [9.17, 15) is 9.59 Å². The fourth-order valence-corrected chi connectivity index (χ4v) is 2.00. The lowest BCUT2D eigenvalue weighted by Gasteiger charge is -2.16. The lowest BCUT2D eigenvalue weighted by molar-refractivity contribution is -0.137. The summed E-state index contributed by atoms with van der Waals surface area (Å²) in [7, 11) is 0. The number of alkyl carbamates (subject to hydrolysis) is 1. The van der Waals surface area contributed by atoms with Crippen molar-refractivity contribution >= 4 is 12.1 Å². The number of hydrogen-bond donors (Lipinski definition) is 2. The van der Waals surface area contributed by atoms with Crippen molar-refractivity contribution in [1.29, 1.82) is 0 Å². The number of aliphatic carboxylic acids is 1. The molecule has 0 saturated carbocycles. The Hall–Kier alpha value is -2.89. The molecule has 23 heavy (non-hydrogen) atoms. The van der Waals surface area contributed by atoms with Crippen LogP contribution in [-0.2, 0) is 16.1 Å². The number of carbonyl (C=O) groups excluding carboxylic acids is 1. The molecule has 0 spiro atoms. The van der Waals surface area contributed by atoms with Gasteiger partial charge in [-0.05, 0) is 24.1 Å². The van der Waals surface area contributed by atoms with Crippen molar-refractivity contribution in [3.8, 4) is 0 Å². The van der Waals surface area contributed by atoms with Crippen molar-refractivity contribution in [2.24, 2.45) is 0 Å². The van der Waals surface area contributed by atoms with Crippen LogP contribution in [-0.4, -0.2) is 22.2 Å². The molecular formula is C17H18N2O4. The molecule has 1 unspecified atom stereocenters. The van der Waals surface area contributed by atoms with Crippen LogP contribution in [0.4, 0.5) is 4.79 Å². The summed E-state index contributed by atoms with van der Waals surface area (Å²) in [5.41, 5.74) is 2.29. The number of amides is 1. The van der Waals surface area contributed by atoms with Gasteiger partial charge in [0.2, 0.25) is 0 Å². The van der Waals surface area contributed by atoms with Gasteiger partial charge in [0, 0.05) is 6.20 Å². The maximum absolute atomic E-state index is 11.9. The van der Waals surface area contributed by atoms with Crippen LogP contribution in [0.5, 0.6) is 0 Å². The third-order valence-corrected chi connectivity index (χ3v) is 3.17. The second-order valence-corrected chi connectivity index (χ2v) is 5.12. The van der Waals surface area contributed by atoms with Gasteiger partial charge in [-0.15, -0.1) is 0 Å². The molecule has 6 heteroatoms. The van der Waals surface area contributed by atoms with Crippen LogP contribution in [0.25, 0.3) is 0 Å². The zero-order chi connectivity index (χ0) is 16.7. The first kappa shape index (κ1) is 16.5. The molecule has 2 rings (SSSR count). The quantitative estimate of drug-likeness (QED) is 0.856. The van der Waals surface area contributed by atoms with Crippen LogP contribution in [0.1, 0.15) is 29.3 Å². The summed E-state index contributed by atoms with van der Waals surface area (Å²) in [6.45, 7) is 2.00. The lowest BCUT2D eigenvalue weighted by Crippen LogP contribution is -2.31. The number of hydrogen-bond acceptors (Lipinski definition) is 4. The van der Waals surface area contributed by atoms with E-state index < -0.39 is 18.1 Å². The number of aryl methyl sites for hydroxylation is 1. The Morgan fingerprint density at radius 3 is 2.57 bits per heavy atom. The van der Waals surface area contributed by atoms with E-state index in [4.69, 9.17) is 9.84 Å². The van der Waals surface area contributed by atoms with Gasteiger partial charge < -0.3 is 15.2 Å². The van der Waals surface area contributed by atoms with Crippen molar-refractivity contribution in [1.82, 2.24) is 10.3 Å². The molecule has 1 aromatic heterocycles. The van der Waals surface area contributed by atoms with E-state index in [1.54, 1.807) is 12.3 Å². The van der Waals surface area contributed by atoms with Gasteiger partial charge >= 0.3 is 12.1 Å². The van der Waals surface area contributed by atoms with Crippen LogP contribution >= 0.6 is 0 Å². The van der Waals surface area contributed by atoms with Gasteiger partial charge in [-0.2, -0.15) is 0 Å². The molecule has 2 aromatic rings. The van der Waals surface area contributed by atoms with Gasteiger partial charge in [0.05, 0.1) is 18.2 Å². The van der Waals surface area contributed by atoms with E-state index in [0.717, 1.165) is 11.1 Å². The number of nitrogens with zero attached hydrogens (tertiary/aromatic N) is 1. The number of carbonyl (C=O) groups is 2. The molecule has 0 saturated heterocycles. The first-order valence-electron chi connectivity index (χ1n) is 7.16. The second kappa shape index (κ2) is 7.93. The smallest absolute Gasteiger partial charge is 0.408 e. The van der Waals surface area contributed by atoms with Crippen LogP contribution in [0.3, 0.4) is 0 Å². The number of pyridine rings is 1. The molecule has 0 fully saturated rings. The summed E-state index contributed by atoms with van der Waals surface area (Å²) in [4.78, 5) is 27.1. The van der Waals surface area contributed by atoms with Crippen molar-refractivity contribution in [3.63, 3.8) is 0 Å². The number of benzene rings is 1. The second-order valence-electron chi connectivity index (χ2n) is 5.12. The molecule has 120 valence electrons. The Kier molecular flexibility index (Phi) is 5.68. The highest BCUT2D eigenvalue weighted by Crippen LogP contribution is 2.15. The topological polar surface area (TPSA) is 88.5 Å². The predicted molar refractivity (Wildman–Crippen MR) is 83.7 cm³/mol. The molecule has 6 nitrogen and oxygen atoms in total. The molecular weight excluding hydrogens is 296 g/mol. The Balaban J connectivity index is 1.98. The lowest BCUT2D eigenvalue weighted by atomic mass is 10.1. The molecule has 1 heterocycles. The highest BCUT2D eigenvalue weighted by atomic mass is 16.5. The summed E-state index contributed by atoms with van der Waals surface area (Å²) < 4.78 is 5.11. The fourth-order valence-electron chi connectivity index (χ4n) is 2.00. The number of nitrogens with one attached hydrogen (secondary N) is 1. The Morgan fingerprint density at radius 2 is 1.96 bits per heavy atom. The largest absolute Gasteiger partial charge is 0.481 e. The zero-order valence-electron chi connectivity index (χ0n) is 12.7. The van der Waals surface area contributed by atoms with Crippen molar-refractivity contribution in [3.05, 3.63) is 65.5 Å². The molecule has 1 amide bonds. The minimum Gasteiger partial charge on any atom is -0.481 e. The molecule has 1 aromatic carbocycles. The molecule has 0 aliphatic heterocycles. The third kappa shape index (κ3) is 5.43. The van der Waals surface area contributed by atoms with E-state index in [1.165, 1.54) is 0 Å². The molecule has 1 atom stereocenters. The maximum atomic E-state index is 11.9. The van der Waals surface area contributed by atoms with E-state index in [0.29, 0.717) is 5.69 Å². The summed E-state index contributed by atoms with van der Waals surface area (Å²) in [6.07, 6.45) is 0.681. The van der Waals surface area contributed by atoms with E-state index >= 15 is 0 Å². The van der Waals surface area contributed by atoms with Crippen LogP contribution in [0, 0.1) is 6.92 Å². The number of carboxylic acid groups (broad SMARTS) is 1. The van der Waals surface area contributed by atoms with E-state index in [-0.39, 0.29) is 13.0 Å². The van der Waals surface area contributed by atoms with Crippen LogP contribution < -0.4 is 5.32 Å². The number of carboxylic acids is 1. The summed E-state index contributed by atoms with van der Waals surface area (Å²) in [5, 5.41) is 11.6. The highest BCUT2D eigenvalue weighted by molar-refractivity contribution is 5.71. The average Bonchev–Trinajstić information content (AvgIpc) is 2.53. The molecule has 0 aliphatic rings. The fraction of sp³-hybridized carbons (Fsp3) is 0.235. The SMILES string of the molecule is Cc1ccc(C(CC(=O)O)NC(=O)OCc2ccccc2)nc1. The van der Waals surface area contributed by atoms with Gasteiger partial charge in [0.15, 0.2) is 0 Å². The summed E-state index contributed by atoms with van der Waals surface area (Å²) >= 11 is 0. The maximum Gasteiger partial charge on any atom is 0.408 e. The summed E-state index contributed by atoms with van der Waals surface area (Å²) in [6, 6.07) is 12.0. The minimum absolute atomic E-state index is 0.119. The number of rotatable bonds is 6. The van der Waals surface area contributed by atoms with E-state index in [1.807, 2.05) is 43.3 Å². The first-order chi connectivity index (χ1) is 11.0. The monoisotopic (exact) mass is 314 g/mol. The summed E-state index contributed by atoms with van der Waals surface area (Å²) in [5.74, 6) is -1.03. The van der Waals surface area contributed by atoms with E-state index in [2.05, 4.69) is 10.3 Å². The predicted octanol–water partition coefficient (Wildman–Crippen LogP) is 2.83. The van der Waals surface area contributed by atoms with Crippen LogP contribution in [0.2, 0.25) is 0 Å². The Bertz CT molecular complexity index is 656.